The monoisotopic (exact) mass is 293 g/mol. The van der Waals surface area contributed by atoms with Crippen LogP contribution in [0, 0.1) is 13.8 Å². The van der Waals surface area contributed by atoms with Crippen molar-refractivity contribution in [3.05, 3.63) is 33.4 Å². The number of nitrogens with two attached hydrogens (primary N) is 1. The van der Waals surface area contributed by atoms with Crippen LogP contribution in [0.2, 0.25) is 0 Å². The predicted molar refractivity (Wildman–Crippen MR) is 76.1 cm³/mol. The lowest BCUT2D eigenvalue weighted by molar-refractivity contribution is 1.06. The zero-order valence-corrected chi connectivity index (χ0v) is 11.9. The number of halogens is 1. The Morgan fingerprint density at radius 1 is 1.35 bits per heavy atom. The molecule has 0 aliphatic rings. The molecule has 1 aromatic heterocycles. The smallest absolute Gasteiger partial charge is 0.0756 e. The van der Waals surface area contributed by atoms with Gasteiger partial charge in [-0.3, -0.25) is 10.8 Å². The Balaban J connectivity index is 2.93. The van der Waals surface area contributed by atoms with Gasteiger partial charge >= 0.3 is 0 Å². The Bertz CT molecular complexity index is 579. The number of benzene rings is 1. The van der Waals surface area contributed by atoms with Gasteiger partial charge in [0.2, 0.25) is 0 Å². The third-order valence-electron chi connectivity index (χ3n) is 3.05. The number of pyridine rings is 1. The molecule has 2 rings (SSSR count). The molecule has 3 nitrogen and oxygen atoms in total. The van der Waals surface area contributed by atoms with Crippen molar-refractivity contribution in [2.24, 2.45) is 5.84 Å². The van der Waals surface area contributed by atoms with Crippen molar-refractivity contribution in [3.8, 4) is 0 Å². The standard InChI is InChI=1S/C13H16BrN3/c1-4-10-8(3)16-12-7(2)5-9(14)6-11(12)13(10)17-15/h5-6H,4,15H2,1-3H3,(H,16,17). The zero-order valence-electron chi connectivity index (χ0n) is 10.3. The number of nitrogen functional groups attached to an aromatic ring is 1. The van der Waals surface area contributed by atoms with Crippen LogP contribution in [0.25, 0.3) is 10.9 Å². The second kappa shape index (κ2) is 4.63. The van der Waals surface area contributed by atoms with Crippen LogP contribution in [0.15, 0.2) is 16.6 Å². The Labute approximate surface area is 110 Å². The highest BCUT2D eigenvalue weighted by molar-refractivity contribution is 9.10. The molecule has 0 aliphatic heterocycles. The van der Waals surface area contributed by atoms with Gasteiger partial charge < -0.3 is 5.43 Å². The molecule has 90 valence electrons. The Hall–Kier alpha value is -1.13. The maximum absolute atomic E-state index is 5.67. The van der Waals surface area contributed by atoms with Crippen LogP contribution in [0.3, 0.4) is 0 Å². The summed E-state index contributed by atoms with van der Waals surface area (Å²) in [6.07, 6.45) is 0.917. The third-order valence-corrected chi connectivity index (χ3v) is 3.51. The van der Waals surface area contributed by atoms with Crippen molar-refractivity contribution >= 4 is 32.5 Å². The van der Waals surface area contributed by atoms with E-state index in [2.05, 4.69) is 52.3 Å². The van der Waals surface area contributed by atoms with E-state index in [0.717, 1.165) is 38.7 Å². The van der Waals surface area contributed by atoms with E-state index in [0.29, 0.717) is 0 Å². The lowest BCUT2D eigenvalue weighted by Gasteiger charge is -2.15. The number of hydrogen-bond acceptors (Lipinski definition) is 3. The minimum absolute atomic E-state index is 0.917. The summed E-state index contributed by atoms with van der Waals surface area (Å²) < 4.78 is 1.05. The normalized spacial score (nSPS) is 10.9. The maximum Gasteiger partial charge on any atom is 0.0756 e. The molecule has 1 heterocycles. The molecular weight excluding hydrogens is 278 g/mol. The van der Waals surface area contributed by atoms with E-state index in [1.165, 1.54) is 5.56 Å². The van der Waals surface area contributed by atoms with Gasteiger partial charge in [0.25, 0.3) is 0 Å². The van der Waals surface area contributed by atoms with E-state index in [-0.39, 0.29) is 0 Å². The van der Waals surface area contributed by atoms with Crippen LogP contribution in [0.1, 0.15) is 23.7 Å². The average molecular weight is 294 g/mol. The van der Waals surface area contributed by atoms with Gasteiger partial charge in [-0.2, -0.15) is 0 Å². The van der Waals surface area contributed by atoms with Crippen molar-refractivity contribution in [2.45, 2.75) is 27.2 Å². The summed E-state index contributed by atoms with van der Waals surface area (Å²) in [6, 6.07) is 4.13. The predicted octanol–water partition coefficient (Wildman–Crippen LogP) is 3.46. The molecule has 0 atom stereocenters. The summed E-state index contributed by atoms with van der Waals surface area (Å²) in [5.41, 5.74) is 8.19. The molecule has 0 aliphatic carbocycles. The first-order chi connectivity index (χ1) is 8.08. The van der Waals surface area contributed by atoms with Gasteiger partial charge in [0.1, 0.15) is 0 Å². The fraction of sp³-hybridized carbons (Fsp3) is 0.308. The van der Waals surface area contributed by atoms with Crippen molar-refractivity contribution in [1.29, 1.82) is 0 Å². The molecule has 0 saturated carbocycles. The number of fused-ring (bicyclic) bond motifs is 1. The molecule has 17 heavy (non-hydrogen) atoms. The van der Waals surface area contributed by atoms with Gasteiger partial charge in [0.05, 0.1) is 11.2 Å². The van der Waals surface area contributed by atoms with Crippen molar-refractivity contribution in [3.63, 3.8) is 0 Å². The minimum atomic E-state index is 0.917. The fourth-order valence-corrected chi connectivity index (χ4v) is 2.82. The molecule has 0 bridgehead atoms. The largest absolute Gasteiger partial charge is 0.323 e. The van der Waals surface area contributed by atoms with Crippen LogP contribution >= 0.6 is 15.9 Å². The first-order valence-electron chi connectivity index (χ1n) is 5.64. The van der Waals surface area contributed by atoms with E-state index in [9.17, 15) is 0 Å². The van der Waals surface area contributed by atoms with Gasteiger partial charge in [-0.05, 0) is 43.5 Å². The lowest BCUT2D eigenvalue weighted by atomic mass is 10.0. The van der Waals surface area contributed by atoms with Gasteiger partial charge in [-0.1, -0.05) is 22.9 Å². The van der Waals surface area contributed by atoms with Crippen LogP contribution < -0.4 is 11.3 Å². The second-order valence-electron chi connectivity index (χ2n) is 4.17. The molecule has 0 amide bonds. The number of hydrogen-bond donors (Lipinski definition) is 2. The van der Waals surface area contributed by atoms with Crippen LogP contribution in [0.5, 0.6) is 0 Å². The van der Waals surface area contributed by atoms with Gasteiger partial charge in [0.15, 0.2) is 0 Å². The van der Waals surface area contributed by atoms with E-state index >= 15 is 0 Å². The summed E-state index contributed by atoms with van der Waals surface area (Å²) in [5.74, 6) is 5.67. The molecule has 0 spiro atoms. The number of rotatable bonds is 2. The molecule has 4 heteroatoms. The SMILES string of the molecule is CCc1c(C)nc2c(C)cc(Br)cc2c1NN. The zero-order chi connectivity index (χ0) is 12.6. The number of aryl methyl sites for hydroxylation is 2. The van der Waals surface area contributed by atoms with Crippen molar-refractivity contribution in [2.75, 3.05) is 5.43 Å². The molecular formula is C13H16BrN3. The van der Waals surface area contributed by atoms with E-state index in [1.54, 1.807) is 0 Å². The van der Waals surface area contributed by atoms with Crippen molar-refractivity contribution in [1.82, 2.24) is 4.98 Å². The Morgan fingerprint density at radius 3 is 2.65 bits per heavy atom. The number of hydrazine groups is 1. The van der Waals surface area contributed by atoms with E-state index in [4.69, 9.17) is 5.84 Å². The molecule has 0 fully saturated rings. The number of nitrogens with one attached hydrogen (secondary N) is 1. The number of nitrogens with zero attached hydrogens (tertiary/aromatic N) is 1. The summed E-state index contributed by atoms with van der Waals surface area (Å²) in [7, 11) is 0. The Morgan fingerprint density at radius 2 is 2.06 bits per heavy atom. The fourth-order valence-electron chi connectivity index (χ4n) is 2.25. The first-order valence-corrected chi connectivity index (χ1v) is 6.43. The first kappa shape index (κ1) is 12.3. The average Bonchev–Trinajstić information content (AvgIpc) is 2.28. The highest BCUT2D eigenvalue weighted by Gasteiger charge is 2.12. The topological polar surface area (TPSA) is 50.9 Å². The van der Waals surface area contributed by atoms with Gasteiger partial charge in [-0.15, -0.1) is 0 Å². The van der Waals surface area contributed by atoms with Crippen molar-refractivity contribution < 1.29 is 0 Å². The number of aromatic nitrogens is 1. The molecule has 0 unspecified atom stereocenters. The van der Waals surface area contributed by atoms with Gasteiger partial charge in [-0.25, -0.2) is 0 Å². The summed E-state index contributed by atoms with van der Waals surface area (Å²) in [4.78, 5) is 4.68. The molecule has 1 aromatic carbocycles. The molecule has 0 saturated heterocycles. The van der Waals surface area contributed by atoms with Crippen LogP contribution in [-0.2, 0) is 6.42 Å². The van der Waals surface area contributed by atoms with E-state index in [1.807, 2.05) is 6.92 Å². The van der Waals surface area contributed by atoms with Crippen LogP contribution in [0.4, 0.5) is 5.69 Å². The second-order valence-corrected chi connectivity index (χ2v) is 5.08. The van der Waals surface area contributed by atoms with E-state index < -0.39 is 0 Å². The quantitative estimate of drug-likeness (QED) is 0.658. The highest BCUT2D eigenvalue weighted by atomic mass is 79.9. The maximum atomic E-state index is 5.67. The summed E-state index contributed by atoms with van der Waals surface area (Å²) in [5, 5.41) is 1.07. The Kier molecular flexibility index (Phi) is 3.35. The number of anilines is 1. The summed E-state index contributed by atoms with van der Waals surface area (Å²) >= 11 is 3.52. The molecule has 0 radical (unpaired) electrons. The third kappa shape index (κ3) is 2.03. The lowest BCUT2D eigenvalue weighted by Crippen LogP contribution is -2.11. The van der Waals surface area contributed by atoms with Gasteiger partial charge in [0, 0.05) is 15.6 Å². The summed E-state index contributed by atoms with van der Waals surface area (Å²) in [6.45, 7) is 6.20. The minimum Gasteiger partial charge on any atom is -0.323 e. The molecule has 2 aromatic rings. The van der Waals surface area contributed by atoms with Crippen LogP contribution in [-0.4, -0.2) is 4.98 Å². The highest BCUT2D eigenvalue weighted by Crippen LogP contribution is 2.32. The molecule has 3 N–H and O–H groups in total.